The lowest BCUT2D eigenvalue weighted by molar-refractivity contribution is -0.167. The van der Waals surface area contributed by atoms with Crippen LogP contribution >= 0.6 is 0 Å². The van der Waals surface area contributed by atoms with Gasteiger partial charge in [-0.1, -0.05) is 274 Å². The number of hydrogen-bond acceptors (Lipinski definition) is 6. The van der Waals surface area contributed by atoms with Crippen molar-refractivity contribution in [3.8, 4) is 0 Å². The third kappa shape index (κ3) is 61.8. The molecule has 0 aliphatic heterocycles. The van der Waals surface area contributed by atoms with Crippen LogP contribution < -0.4 is 0 Å². The first kappa shape index (κ1) is 72.1. The van der Waals surface area contributed by atoms with Gasteiger partial charge in [0.2, 0.25) is 0 Å². The smallest absolute Gasteiger partial charge is 0.306 e. The van der Waals surface area contributed by atoms with Gasteiger partial charge in [-0.2, -0.15) is 0 Å². The fourth-order valence-electron chi connectivity index (χ4n) is 9.50. The van der Waals surface area contributed by atoms with Crippen molar-refractivity contribution in [2.75, 3.05) is 13.2 Å². The minimum Gasteiger partial charge on any atom is -0.462 e. The number of ether oxygens (including phenoxy) is 3. The van der Waals surface area contributed by atoms with Crippen molar-refractivity contribution in [3.63, 3.8) is 0 Å². The molecule has 0 aliphatic carbocycles. The first-order valence-electron chi connectivity index (χ1n) is 32.8. The second-order valence-corrected chi connectivity index (χ2v) is 22.0. The van der Waals surface area contributed by atoms with Crippen LogP contribution in [0.1, 0.15) is 342 Å². The highest BCUT2D eigenvalue weighted by Crippen LogP contribution is 2.16. The molecule has 0 radical (unpaired) electrons. The van der Waals surface area contributed by atoms with Crippen LogP contribution in [0, 0.1) is 0 Å². The van der Waals surface area contributed by atoms with E-state index in [-0.39, 0.29) is 31.1 Å². The summed E-state index contributed by atoms with van der Waals surface area (Å²) in [5, 5.41) is 0. The van der Waals surface area contributed by atoms with E-state index < -0.39 is 6.10 Å². The molecule has 6 nitrogen and oxygen atoms in total. The zero-order chi connectivity index (χ0) is 54.3. The highest BCUT2D eigenvalue weighted by molar-refractivity contribution is 5.71. The van der Waals surface area contributed by atoms with Gasteiger partial charge in [0.05, 0.1) is 0 Å². The Morgan fingerprint density at radius 1 is 0.267 bits per heavy atom. The van der Waals surface area contributed by atoms with E-state index in [4.69, 9.17) is 14.2 Å². The number of carbonyl (C=O) groups excluding carboxylic acids is 3. The van der Waals surface area contributed by atoms with Crippen LogP contribution in [0.25, 0.3) is 0 Å². The number of esters is 3. The third-order valence-corrected chi connectivity index (χ3v) is 14.5. The van der Waals surface area contributed by atoms with Gasteiger partial charge >= 0.3 is 17.9 Å². The predicted octanol–water partition coefficient (Wildman–Crippen LogP) is 22.3. The molecule has 0 heterocycles. The van der Waals surface area contributed by atoms with Gasteiger partial charge in [0.25, 0.3) is 0 Å². The molecule has 0 aromatic heterocycles. The van der Waals surface area contributed by atoms with Crippen molar-refractivity contribution in [3.05, 3.63) is 60.8 Å². The fraction of sp³-hybridized carbons (Fsp3) is 0.812. The summed E-state index contributed by atoms with van der Waals surface area (Å²) >= 11 is 0. The van der Waals surface area contributed by atoms with Crippen molar-refractivity contribution < 1.29 is 28.6 Å². The lowest BCUT2D eigenvalue weighted by Gasteiger charge is -2.18. The molecule has 1 atom stereocenters. The zero-order valence-electron chi connectivity index (χ0n) is 50.1. The summed E-state index contributed by atoms with van der Waals surface area (Å²) < 4.78 is 16.9. The van der Waals surface area contributed by atoms with Gasteiger partial charge in [-0.25, -0.2) is 0 Å². The second kappa shape index (κ2) is 63.6. The molecule has 436 valence electrons. The number of carbonyl (C=O) groups is 3. The van der Waals surface area contributed by atoms with Crippen molar-refractivity contribution in [1.82, 2.24) is 0 Å². The Morgan fingerprint density at radius 3 is 0.747 bits per heavy atom. The summed E-state index contributed by atoms with van der Waals surface area (Å²) in [5.74, 6) is -0.878. The van der Waals surface area contributed by atoms with Gasteiger partial charge in [0.1, 0.15) is 13.2 Å². The minimum absolute atomic E-state index is 0.0791. The summed E-state index contributed by atoms with van der Waals surface area (Å²) in [4.78, 5) is 38.4. The second-order valence-electron chi connectivity index (χ2n) is 22.0. The van der Waals surface area contributed by atoms with Gasteiger partial charge in [-0.15, -0.1) is 0 Å². The highest BCUT2D eigenvalue weighted by Gasteiger charge is 2.19. The van der Waals surface area contributed by atoms with Crippen molar-refractivity contribution in [1.29, 1.82) is 0 Å². The van der Waals surface area contributed by atoms with Gasteiger partial charge in [-0.05, 0) is 109 Å². The Bertz CT molecular complexity index is 1340. The largest absolute Gasteiger partial charge is 0.462 e. The molecular formula is C69H124O6. The molecule has 75 heavy (non-hydrogen) atoms. The predicted molar refractivity (Wildman–Crippen MR) is 325 cm³/mol. The Morgan fingerprint density at radius 2 is 0.480 bits per heavy atom. The van der Waals surface area contributed by atoms with Crippen LogP contribution in [0.3, 0.4) is 0 Å². The van der Waals surface area contributed by atoms with Crippen molar-refractivity contribution in [2.24, 2.45) is 0 Å². The summed E-state index contributed by atoms with van der Waals surface area (Å²) in [7, 11) is 0. The van der Waals surface area contributed by atoms with Crippen molar-refractivity contribution >= 4 is 17.9 Å². The maximum absolute atomic E-state index is 12.9. The van der Waals surface area contributed by atoms with Gasteiger partial charge < -0.3 is 14.2 Å². The van der Waals surface area contributed by atoms with Gasteiger partial charge in [0.15, 0.2) is 6.10 Å². The molecule has 0 amide bonds. The van der Waals surface area contributed by atoms with E-state index >= 15 is 0 Å². The van der Waals surface area contributed by atoms with Crippen LogP contribution in [-0.2, 0) is 28.6 Å². The molecule has 0 bridgehead atoms. The monoisotopic (exact) mass is 1050 g/mol. The molecule has 1 unspecified atom stereocenters. The lowest BCUT2D eigenvalue weighted by atomic mass is 10.1. The number of rotatable bonds is 60. The number of unbranched alkanes of at least 4 members (excludes halogenated alkanes) is 39. The van der Waals surface area contributed by atoms with E-state index in [0.717, 1.165) is 77.0 Å². The first-order chi connectivity index (χ1) is 37.0. The molecule has 6 heteroatoms. The van der Waals surface area contributed by atoms with Crippen molar-refractivity contribution in [2.45, 2.75) is 348 Å². The average molecular weight is 1050 g/mol. The average Bonchev–Trinajstić information content (AvgIpc) is 3.41. The molecule has 0 saturated heterocycles. The Kier molecular flexibility index (Phi) is 61.2. The fourth-order valence-corrected chi connectivity index (χ4v) is 9.50. The van der Waals surface area contributed by atoms with E-state index in [1.54, 1.807) is 0 Å². The number of hydrogen-bond donors (Lipinski definition) is 0. The highest BCUT2D eigenvalue weighted by atomic mass is 16.6. The van der Waals surface area contributed by atoms with E-state index in [1.807, 2.05) is 0 Å². The molecule has 0 aromatic rings. The minimum atomic E-state index is -0.783. The third-order valence-electron chi connectivity index (χ3n) is 14.5. The Labute approximate surface area is 466 Å². The van der Waals surface area contributed by atoms with Crippen LogP contribution in [0.15, 0.2) is 60.8 Å². The normalized spacial score (nSPS) is 12.4. The lowest BCUT2D eigenvalue weighted by Crippen LogP contribution is -2.30. The topological polar surface area (TPSA) is 78.9 Å². The van der Waals surface area contributed by atoms with Crippen LogP contribution in [0.5, 0.6) is 0 Å². The zero-order valence-corrected chi connectivity index (χ0v) is 50.1. The molecule has 0 spiro atoms. The molecule has 0 saturated carbocycles. The van der Waals surface area contributed by atoms with E-state index in [2.05, 4.69) is 81.5 Å². The van der Waals surface area contributed by atoms with E-state index in [0.29, 0.717) is 19.3 Å². The SMILES string of the molecule is CCCCCCC/C=C\C/C=C\CCCCCCCCCCCC(=O)OCC(COC(=O)CCCCCCC/C=C\CCCCCCCC)OC(=O)CCCCCCCCCCC/C=C\C/C=C\CCCCCCC. The summed E-state index contributed by atoms with van der Waals surface area (Å²) in [6, 6.07) is 0. The maximum Gasteiger partial charge on any atom is 0.306 e. The van der Waals surface area contributed by atoms with E-state index in [1.165, 1.54) is 225 Å². The maximum atomic E-state index is 12.9. The molecule has 0 aromatic carbocycles. The van der Waals surface area contributed by atoms with Crippen LogP contribution in [0.4, 0.5) is 0 Å². The summed E-state index contributed by atoms with van der Waals surface area (Å²) in [6.07, 6.45) is 80.8. The standard InChI is InChI=1S/C69H124O6/c1-4-7-10-13-16-19-22-25-28-30-32-34-36-38-41-44-47-50-53-56-59-62-68(71)74-65-66(64-73-67(70)61-58-55-52-49-46-43-40-27-24-21-18-15-12-9-6-3)75-69(72)63-60-57-54-51-48-45-42-39-37-35-33-31-29-26-23-20-17-14-11-8-5-2/h22-23,25-27,30-33,40,66H,4-21,24,28-29,34-39,41-65H2,1-3H3/b25-22-,26-23-,32-30-,33-31-,40-27-. The molecule has 0 fully saturated rings. The molecular weight excluding hydrogens is 925 g/mol. The quantitative estimate of drug-likeness (QED) is 0.0261. The Balaban J connectivity index is 4.36. The van der Waals surface area contributed by atoms with Crippen LogP contribution in [0.2, 0.25) is 0 Å². The molecule has 0 N–H and O–H groups in total. The van der Waals surface area contributed by atoms with E-state index in [9.17, 15) is 14.4 Å². The summed E-state index contributed by atoms with van der Waals surface area (Å²) in [6.45, 7) is 6.65. The molecule has 0 aliphatic rings. The van der Waals surface area contributed by atoms with Gasteiger partial charge in [0, 0.05) is 19.3 Å². The molecule has 0 rings (SSSR count). The Hall–Kier alpha value is -2.89. The summed E-state index contributed by atoms with van der Waals surface area (Å²) in [5.41, 5.74) is 0. The van der Waals surface area contributed by atoms with Crippen LogP contribution in [-0.4, -0.2) is 37.2 Å². The van der Waals surface area contributed by atoms with Gasteiger partial charge in [-0.3, -0.25) is 14.4 Å². The first-order valence-corrected chi connectivity index (χ1v) is 32.8. The number of allylic oxidation sites excluding steroid dienone is 10.